The first-order valence-electron chi connectivity index (χ1n) is 7.70. The Bertz CT molecular complexity index is 641. The molecule has 0 saturated heterocycles. The van der Waals surface area contributed by atoms with Crippen LogP contribution in [0.1, 0.15) is 29.5 Å². The summed E-state index contributed by atoms with van der Waals surface area (Å²) in [6, 6.07) is 12.4. The second-order valence-corrected chi connectivity index (χ2v) is 5.99. The molecular formula is C18H24ClIN4. The summed E-state index contributed by atoms with van der Waals surface area (Å²) in [6.45, 7) is 5.78. The topological polar surface area (TPSA) is 49.3 Å². The molecule has 1 atom stereocenters. The molecular weight excluding hydrogens is 435 g/mol. The summed E-state index contributed by atoms with van der Waals surface area (Å²) in [4.78, 5) is 8.32. The number of nitrogens with zero attached hydrogens (tertiary/aromatic N) is 2. The van der Waals surface area contributed by atoms with Gasteiger partial charge in [-0.25, -0.2) is 4.98 Å². The van der Waals surface area contributed by atoms with Crippen LogP contribution in [0.3, 0.4) is 0 Å². The van der Waals surface area contributed by atoms with Crippen molar-refractivity contribution in [1.29, 1.82) is 0 Å². The van der Waals surface area contributed by atoms with Gasteiger partial charge in [0.15, 0.2) is 5.96 Å². The van der Waals surface area contributed by atoms with Crippen molar-refractivity contribution in [2.45, 2.75) is 26.3 Å². The molecule has 0 spiro atoms. The molecule has 4 nitrogen and oxygen atoms in total. The van der Waals surface area contributed by atoms with Crippen molar-refractivity contribution < 1.29 is 0 Å². The molecule has 0 aliphatic rings. The number of hydrogen-bond acceptors (Lipinski definition) is 2. The lowest BCUT2D eigenvalue weighted by atomic mass is 10.0. The number of rotatable bonds is 5. The molecule has 0 aliphatic heterocycles. The Balaban J connectivity index is 0.00000288. The molecule has 0 amide bonds. The van der Waals surface area contributed by atoms with Crippen LogP contribution in [0.4, 0.5) is 0 Å². The molecule has 0 aliphatic carbocycles. The third-order valence-corrected chi connectivity index (χ3v) is 3.92. The van der Waals surface area contributed by atoms with E-state index in [4.69, 9.17) is 11.6 Å². The zero-order valence-electron chi connectivity index (χ0n) is 14.2. The first-order valence-corrected chi connectivity index (χ1v) is 8.08. The zero-order valence-corrected chi connectivity index (χ0v) is 17.3. The highest BCUT2D eigenvalue weighted by atomic mass is 127. The summed E-state index contributed by atoms with van der Waals surface area (Å²) in [5, 5.41) is 7.14. The molecule has 2 rings (SSSR count). The average Bonchev–Trinajstić information content (AvgIpc) is 2.57. The molecule has 0 bridgehead atoms. The number of halogens is 2. The summed E-state index contributed by atoms with van der Waals surface area (Å²) >= 11 is 5.79. The first kappa shape index (κ1) is 20.7. The molecule has 24 heavy (non-hydrogen) atoms. The van der Waals surface area contributed by atoms with Crippen LogP contribution in [0.25, 0.3) is 0 Å². The number of pyridine rings is 1. The zero-order chi connectivity index (χ0) is 16.7. The van der Waals surface area contributed by atoms with Gasteiger partial charge in [-0.3, -0.25) is 4.99 Å². The van der Waals surface area contributed by atoms with Crippen LogP contribution in [-0.2, 0) is 6.54 Å². The van der Waals surface area contributed by atoms with E-state index in [0.717, 1.165) is 18.1 Å². The van der Waals surface area contributed by atoms with Crippen LogP contribution in [0, 0.1) is 6.92 Å². The van der Waals surface area contributed by atoms with E-state index in [0.29, 0.717) is 17.6 Å². The molecule has 130 valence electrons. The Hall–Kier alpha value is -1.34. The summed E-state index contributed by atoms with van der Waals surface area (Å²) in [6.07, 6.45) is 1.76. The number of aliphatic imine (C=N–C) groups is 1. The van der Waals surface area contributed by atoms with E-state index in [1.165, 1.54) is 11.1 Å². The van der Waals surface area contributed by atoms with Crippen molar-refractivity contribution in [1.82, 2.24) is 15.6 Å². The molecule has 0 saturated carbocycles. The Kier molecular flexibility index (Phi) is 9.07. The lowest BCUT2D eigenvalue weighted by molar-refractivity contribution is 0.698. The normalized spacial score (nSPS) is 12.2. The quantitative estimate of drug-likeness (QED) is 0.307. The fourth-order valence-electron chi connectivity index (χ4n) is 2.18. The van der Waals surface area contributed by atoms with Gasteiger partial charge in [0.1, 0.15) is 5.15 Å². The highest BCUT2D eigenvalue weighted by molar-refractivity contribution is 14.0. The van der Waals surface area contributed by atoms with Crippen molar-refractivity contribution in [3.8, 4) is 0 Å². The van der Waals surface area contributed by atoms with E-state index in [1.807, 2.05) is 6.07 Å². The maximum Gasteiger partial charge on any atom is 0.191 e. The van der Waals surface area contributed by atoms with Crippen LogP contribution in [0.2, 0.25) is 5.15 Å². The number of benzene rings is 1. The number of nitrogens with one attached hydrogen (secondary N) is 2. The molecule has 2 aromatic rings. The van der Waals surface area contributed by atoms with E-state index in [2.05, 4.69) is 58.7 Å². The number of guanidine groups is 1. The van der Waals surface area contributed by atoms with Crippen molar-refractivity contribution in [3.05, 3.63) is 64.4 Å². The monoisotopic (exact) mass is 458 g/mol. The van der Waals surface area contributed by atoms with Gasteiger partial charge in [-0.15, -0.1) is 24.0 Å². The van der Waals surface area contributed by atoms with Gasteiger partial charge in [-0.1, -0.05) is 54.4 Å². The molecule has 1 aromatic carbocycles. The van der Waals surface area contributed by atoms with Gasteiger partial charge in [0.25, 0.3) is 0 Å². The molecule has 1 heterocycles. The Morgan fingerprint density at radius 1 is 1.17 bits per heavy atom. The Morgan fingerprint density at radius 3 is 2.46 bits per heavy atom. The molecule has 1 unspecified atom stereocenters. The van der Waals surface area contributed by atoms with E-state index in [9.17, 15) is 0 Å². The van der Waals surface area contributed by atoms with Crippen molar-refractivity contribution in [2.24, 2.45) is 4.99 Å². The van der Waals surface area contributed by atoms with Crippen LogP contribution < -0.4 is 10.6 Å². The number of aromatic nitrogens is 1. The predicted molar refractivity (Wildman–Crippen MR) is 112 cm³/mol. The van der Waals surface area contributed by atoms with Gasteiger partial charge in [0.2, 0.25) is 0 Å². The minimum Gasteiger partial charge on any atom is -0.356 e. The van der Waals surface area contributed by atoms with Crippen molar-refractivity contribution >= 4 is 41.5 Å². The first-order chi connectivity index (χ1) is 11.1. The van der Waals surface area contributed by atoms with Crippen LogP contribution >= 0.6 is 35.6 Å². The highest BCUT2D eigenvalue weighted by Crippen LogP contribution is 2.14. The van der Waals surface area contributed by atoms with Crippen LogP contribution in [-0.4, -0.2) is 24.5 Å². The van der Waals surface area contributed by atoms with Gasteiger partial charge >= 0.3 is 0 Å². The van der Waals surface area contributed by atoms with Gasteiger partial charge in [0, 0.05) is 26.3 Å². The second-order valence-electron chi connectivity index (χ2n) is 5.61. The third kappa shape index (κ3) is 6.65. The van der Waals surface area contributed by atoms with E-state index >= 15 is 0 Å². The Labute approximate surface area is 166 Å². The maximum absolute atomic E-state index is 5.79. The summed E-state index contributed by atoms with van der Waals surface area (Å²) in [5.74, 6) is 1.19. The van der Waals surface area contributed by atoms with E-state index < -0.39 is 0 Å². The second kappa shape index (κ2) is 10.5. The lowest BCUT2D eigenvalue weighted by Crippen LogP contribution is -2.38. The van der Waals surface area contributed by atoms with E-state index in [-0.39, 0.29) is 24.0 Å². The molecule has 6 heteroatoms. The Morgan fingerprint density at radius 2 is 1.88 bits per heavy atom. The highest BCUT2D eigenvalue weighted by Gasteiger charge is 2.06. The van der Waals surface area contributed by atoms with Gasteiger partial charge in [-0.05, 0) is 30.0 Å². The molecule has 0 fully saturated rings. The van der Waals surface area contributed by atoms with Gasteiger partial charge < -0.3 is 10.6 Å². The molecule has 1 aromatic heterocycles. The molecule has 2 N–H and O–H groups in total. The van der Waals surface area contributed by atoms with Crippen LogP contribution in [0.15, 0.2) is 47.6 Å². The largest absolute Gasteiger partial charge is 0.356 e. The number of aryl methyl sites for hydroxylation is 1. The standard InChI is InChI=1S/C18H23ClN4.HI/c1-13-4-7-16(8-5-13)14(2)10-22-18(20-3)23-12-15-6-9-17(19)21-11-15;/h4-9,11,14H,10,12H2,1-3H3,(H2,20,22,23);1H. The van der Waals surface area contributed by atoms with Gasteiger partial charge in [0.05, 0.1) is 0 Å². The minimum absolute atomic E-state index is 0. The van der Waals surface area contributed by atoms with Crippen LogP contribution in [0.5, 0.6) is 0 Å². The van der Waals surface area contributed by atoms with Crippen molar-refractivity contribution in [2.75, 3.05) is 13.6 Å². The third-order valence-electron chi connectivity index (χ3n) is 3.69. The lowest BCUT2D eigenvalue weighted by Gasteiger charge is -2.16. The average molecular weight is 459 g/mol. The molecule has 0 radical (unpaired) electrons. The maximum atomic E-state index is 5.79. The fraction of sp³-hybridized carbons (Fsp3) is 0.333. The summed E-state index contributed by atoms with van der Waals surface area (Å²) < 4.78 is 0. The fourth-order valence-corrected chi connectivity index (χ4v) is 2.29. The summed E-state index contributed by atoms with van der Waals surface area (Å²) in [5.41, 5.74) is 3.66. The van der Waals surface area contributed by atoms with Crippen molar-refractivity contribution in [3.63, 3.8) is 0 Å². The predicted octanol–water partition coefficient (Wildman–Crippen LogP) is 4.13. The minimum atomic E-state index is 0. The number of hydrogen-bond donors (Lipinski definition) is 2. The van der Waals surface area contributed by atoms with Gasteiger partial charge in [-0.2, -0.15) is 0 Å². The SMILES string of the molecule is CN=C(NCc1ccc(Cl)nc1)NCC(C)c1ccc(C)cc1.I. The smallest absolute Gasteiger partial charge is 0.191 e. The summed E-state index contributed by atoms with van der Waals surface area (Å²) in [7, 11) is 1.77. The van der Waals surface area contributed by atoms with E-state index in [1.54, 1.807) is 19.3 Å².